The quantitative estimate of drug-likeness (QED) is 0.552. The van der Waals surface area contributed by atoms with E-state index in [4.69, 9.17) is 14.7 Å². The summed E-state index contributed by atoms with van der Waals surface area (Å²) in [6.45, 7) is 0.744. The largest absolute Gasteiger partial charge is 0.463 e. The number of hydrogen-bond donors (Lipinski definition) is 4. The third-order valence-corrected chi connectivity index (χ3v) is 3.49. The van der Waals surface area contributed by atoms with Crippen LogP contribution in [0.25, 0.3) is 0 Å². The Kier molecular flexibility index (Phi) is 5.52. The van der Waals surface area contributed by atoms with Crippen LogP contribution >= 0.6 is 0 Å². The molecule has 0 saturated carbocycles. The number of nitrogens with one attached hydrogen (secondary N) is 1. The van der Waals surface area contributed by atoms with E-state index in [1.165, 1.54) is 19.1 Å². The molecule has 0 bridgehead atoms. The van der Waals surface area contributed by atoms with E-state index >= 15 is 0 Å². The zero-order valence-electron chi connectivity index (χ0n) is 12.4. The molecule has 2 rings (SSSR count). The van der Waals surface area contributed by atoms with Crippen molar-refractivity contribution in [3.63, 3.8) is 0 Å². The van der Waals surface area contributed by atoms with Gasteiger partial charge in [-0.05, 0) is 24.3 Å². The van der Waals surface area contributed by atoms with Gasteiger partial charge in [-0.25, -0.2) is 0 Å². The van der Waals surface area contributed by atoms with Crippen molar-refractivity contribution >= 4 is 5.91 Å². The van der Waals surface area contributed by atoms with Crippen LogP contribution in [0.3, 0.4) is 0 Å². The van der Waals surface area contributed by atoms with Crippen molar-refractivity contribution in [2.24, 2.45) is 0 Å². The van der Waals surface area contributed by atoms with E-state index in [2.05, 4.69) is 5.32 Å². The average molecular weight is 322 g/mol. The highest BCUT2D eigenvalue weighted by Crippen LogP contribution is 2.24. The molecule has 124 valence electrons. The minimum Gasteiger partial charge on any atom is -0.463 e. The lowest BCUT2D eigenvalue weighted by atomic mass is 9.97. The minimum atomic E-state index is -1.37. The summed E-state index contributed by atoms with van der Waals surface area (Å²) in [6, 6.07) is 7.12. The molecule has 8 nitrogen and oxygen atoms in total. The zero-order chi connectivity index (χ0) is 17.0. The fraction of sp³-hybridized carbons (Fsp3) is 0.467. The number of nitrogens with zero attached hydrogens (tertiary/aromatic N) is 1. The summed E-state index contributed by atoms with van der Waals surface area (Å²) in [4.78, 5) is 11.3. The summed E-state index contributed by atoms with van der Waals surface area (Å²) in [7, 11) is 0. The van der Waals surface area contributed by atoms with Gasteiger partial charge in [0.15, 0.2) is 0 Å². The smallest absolute Gasteiger partial charge is 0.223 e. The summed E-state index contributed by atoms with van der Waals surface area (Å²) in [5, 5.41) is 40.5. The summed E-state index contributed by atoms with van der Waals surface area (Å²) in [5.74, 6) is -0.0784. The third kappa shape index (κ3) is 3.97. The molecule has 23 heavy (non-hydrogen) atoms. The molecule has 1 heterocycles. The lowest BCUT2D eigenvalue weighted by molar-refractivity contribution is -0.244. The predicted molar refractivity (Wildman–Crippen MR) is 77.2 cm³/mol. The molecule has 1 aliphatic rings. The van der Waals surface area contributed by atoms with Crippen LogP contribution in [-0.4, -0.2) is 58.5 Å². The fourth-order valence-corrected chi connectivity index (χ4v) is 2.31. The van der Waals surface area contributed by atoms with Gasteiger partial charge in [0, 0.05) is 6.92 Å². The highest BCUT2D eigenvalue weighted by molar-refractivity contribution is 5.73. The second-order valence-corrected chi connectivity index (χ2v) is 5.19. The lowest BCUT2D eigenvalue weighted by Gasteiger charge is -2.42. The molecule has 5 atom stereocenters. The van der Waals surface area contributed by atoms with E-state index in [0.717, 1.165) is 0 Å². The summed E-state index contributed by atoms with van der Waals surface area (Å²) in [6.07, 6.45) is -4.88. The van der Waals surface area contributed by atoms with Gasteiger partial charge < -0.3 is 30.1 Å². The Labute approximate surface area is 132 Å². The molecule has 1 aromatic rings. The van der Waals surface area contributed by atoms with Crippen LogP contribution in [0.1, 0.15) is 12.5 Å². The van der Waals surface area contributed by atoms with Crippen LogP contribution in [0.4, 0.5) is 0 Å². The maximum absolute atomic E-state index is 11.3. The van der Waals surface area contributed by atoms with E-state index in [-0.39, 0.29) is 0 Å². The van der Waals surface area contributed by atoms with Gasteiger partial charge in [0.2, 0.25) is 12.2 Å². The Hall–Kier alpha value is -2.18. The Morgan fingerprint density at radius 1 is 1.35 bits per heavy atom. The number of aliphatic hydroxyl groups is 3. The molecule has 8 heteroatoms. The molecular formula is C15H18N2O6. The van der Waals surface area contributed by atoms with E-state index in [0.29, 0.717) is 11.3 Å². The first-order valence-corrected chi connectivity index (χ1v) is 7.02. The van der Waals surface area contributed by atoms with Crippen LogP contribution in [-0.2, 0) is 9.53 Å². The molecule has 0 unspecified atom stereocenters. The van der Waals surface area contributed by atoms with Gasteiger partial charge >= 0.3 is 0 Å². The number of hydrogen-bond acceptors (Lipinski definition) is 7. The zero-order valence-corrected chi connectivity index (χ0v) is 12.4. The molecule has 0 spiro atoms. The minimum absolute atomic E-state index is 0.352. The van der Waals surface area contributed by atoms with Crippen molar-refractivity contribution in [2.75, 3.05) is 6.61 Å². The van der Waals surface area contributed by atoms with Crippen LogP contribution in [0.5, 0.6) is 5.75 Å². The number of aliphatic hydroxyl groups excluding tert-OH is 3. The topological polar surface area (TPSA) is 132 Å². The average Bonchev–Trinajstić information content (AvgIpc) is 2.54. The maximum atomic E-state index is 11.3. The van der Waals surface area contributed by atoms with Gasteiger partial charge in [0.1, 0.15) is 30.1 Å². The fourth-order valence-electron chi connectivity index (χ4n) is 2.31. The van der Waals surface area contributed by atoms with Crippen LogP contribution in [0, 0.1) is 11.3 Å². The first-order valence-electron chi connectivity index (χ1n) is 7.02. The number of carbonyl (C=O) groups is 1. The van der Waals surface area contributed by atoms with Crippen molar-refractivity contribution in [3.8, 4) is 11.8 Å². The molecule has 1 aromatic carbocycles. The first-order chi connectivity index (χ1) is 11.0. The molecule has 1 fully saturated rings. The number of carbonyl (C=O) groups excluding carboxylic acids is 1. The monoisotopic (exact) mass is 322 g/mol. The third-order valence-electron chi connectivity index (χ3n) is 3.49. The van der Waals surface area contributed by atoms with Gasteiger partial charge in [-0.2, -0.15) is 5.26 Å². The molecule has 1 aliphatic heterocycles. The van der Waals surface area contributed by atoms with Crippen molar-refractivity contribution < 1.29 is 29.6 Å². The first kappa shape index (κ1) is 17.2. The maximum Gasteiger partial charge on any atom is 0.223 e. The Bertz CT molecular complexity index is 585. The molecule has 1 amide bonds. The molecular weight excluding hydrogens is 304 g/mol. The van der Waals surface area contributed by atoms with Crippen LogP contribution in [0.2, 0.25) is 0 Å². The Morgan fingerprint density at radius 2 is 2.00 bits per heavy atom. The van der Waals surface area contributed by atoms with Gasteiger partial charge in [-0.15, -0.1) is 0 Å². The van der Waals surface area contributed by atoms with Crippen molar-refractivity contribution in [1.29, 1.82) is 5.26 Å². The van der Waals surface area contributed by atoms with Gasteiger partial charge in [-0.1, -0.05) is 0 Å². The Morgan fingerprint density at radius 3 is 2.52 bits per heavy atom. The van der Waals surface area contributed by atoms with E-state index in [9.17, 15) is 20.1 Å². The highest BCUT2D eigenvalue weighted by atomic mass is 16.7. The molecule has 1 saturated heterocycles. The SMILES string of the molecule is CC(=O)N[C@H]1[C@H](Oc2ccc(C#N)cc2)O[C@H](CO)[C@@H](O)[C@@H]1O. The number of ether oxygens (including phenoxy) is 2. The Balaban J connectivity index is 2.19. The second kappa shape index (κ2) is 7.39. The van der Waals surface area contributed by atoms with E-state index in [1.54, 1.807) is 12.1 Å². The summed E-state index contributed by atoms with van der Waals surface area (Å²) in [5.41, 5.74) is 0.448. The summed E-state index contributed by atoms with van der Waals surface area (Å²) < 4.78 is 11.0. The number of amides is 1. The molecule has 0 aromatic heterocycles. The van der Waals surface area contributed by atoms with Crippen molar-refractivity contribution in [3.05, 3.63) is 29.8 Å². The normalized spacial score (nSPS) is 30.3. The van der Waals surface area contributed by atoms with Gasteiger partial charge in [0.05, 0.1) is 18.2 Å². The molecule has 0 radical (unpaired) electrons. The number of rotatable bonds is 4. The number of nitriles is 1. The molecule has 0 aliphatic carbocycles. The van der Waals surface area contributed by atoms with Crippen LogP contribution < -0.4 is 10.1 Å². The van der Waals surface area contributed by atoms with Crippen LogP contribution in [0.15, 0.2) is 24.3 Å². The van der Waals surface area contributed by atoms with Gasteiger partial charge in [0.25, 0.3) is 0 Å². The number of benzene rings is 1. The summed E-state index contributed by atoms with van der Waals surface area (Å²) >= 11 is 0. The lowest BCUT2D eigenvalue weighted by Crippen LogP contribution is -2.65. The molecule has 4 N–H and O–H groups in total. The second-order valence-electron chi connectivity index (χ2n) is 5.19. The van der Waals surface area contributed by atoms with Crippen molar-refractivity contribution in [1.82, 2.24) is 5.32 Å². The predicted octanol–water partition coefficient (Wildman–Crippen LogP) is -1.12. The van der Waals surface area contributed by atoms with E-state index in [1.807, 2.05) is 6.07 Å². The van der Waals surface area contributed by atoms with E-state index < -0.39 is 43.2 Å². The van der Waals surface area contributed by atoms with Gasteiger partial charge in [-0.3, -0.25) is 4.79 Å². The standard InChI is InChI=1S/C15H18N2O6/c1-8(19)17-12-14(21)13(20)11(7-18)23-15(12)22-10-4-2-9(6-16)3-5-10/h2-5,11-15,18,20-21H,7H2,1H3,(H,17,19)/t11-,12-,13-,14-,15-/m1/s1. The van der Waals surface area contributed by atoms with Crippen molar-refractivity contribution in [2.45, 2.75) is 37.6 Å². The highest BCUT2D eigenvalue weighted by Gasteiger charge is 2.46.